The van der Waals surface area contributed by atoms with Crippen molar-refractivity contribution in [2.45, 2.75) is 25.3 Å². The molecule has 2 rings (SSSR count). The van der Waals surface area contributed by atoms with Crippen molar-refractivity contribution in [1.29, 1.82) is 0 Å². The summed E-state index contributed by atoms with van der Waals surface area (Å²) in [7, 11) is 0. The third-order valence-corrected chi connectivity index (χ3v) is 4.00. The Bertz CT molecular complexity index is 293. The average Bonchev–Trinajstić information content (AvgIpc) is 2.32. The van der Waals surface area contributed by atoms with E-state index in [1.807, 2.05) is 0 Å². The van der Waals surface area contributed by atoms with Crippen LogP contribution in [0.4, 0.5) is 0 Å². The van der Waals surface area contributed by atoms with Crippen LogP contribution < -0.4 is 5.48 Å². The van der Waals surface area contributed by atoms with Gasteiger partial charge in [0.1, 0.15) is 0 Å². The van der Waals surface area contributed by atoms with Crippen molar-refractivity contribution in [2.75, 3.05) is 11.5 Å². The van der Waals surface area contributed by atoms with Gasteiger partial charge in [-0.1, -0.05) is 24.3 Å². The number of rotatable bonds is 3. The highest BCUT2D eigenvalue weighted by Crippen LogP contribution is 2.31. The minimum Gasteiger partial charge on any atom is -0.316 e. The van der Waals surface area contributed by atoms with Gasteiger partial charge in [-0.25, -0.2) is 5.48 Å². The van der Waals surface area contributed by atoms with Gasteiger partial charge in [-0.3, -0.25) is 0 Å². The smallest absolute Gasteiger partial charge is 0.0458 e. The van der Waals surface area contributed by atoms with Crippen molar-refractivity contribution in [3.63, 3.8) is 0 Å². The second kappa shape index (κ2) is 5.54. The Labute approximate surface area is 95.0 Å². The van der Waals surface area contributed by atoms with E-state index >= 15 is 0 Å². The van der Waals surface area contributed by atoms with Crippen molar-refractivity contribution < 1.29 is 5.21 Å². The van der Waals surface area contributed by atoms with E-state index in [0.717, 1.165) is 11.5 Å². The van der Waals surface area contributed by atoms with Gasteiger partial charge in [0, 0.05) is 6.54 Å². The Kier molecular flexibility index (Phi) is 4.06. The Morgan fingerprint density at radius 2 is 1.87 bits per heavy atom. The molecule has 1 saturated heterocycles. The van der Waals surface area contributed by atoms with Gasteiger partial charge >= 0.3 is 0 Å². The second-order valence-corrected chi connectivity index (χ2v) is 5.19. The quantitative estimate of drug-likeness (QED) is 0.773. The Morgan fingerprint density at radius 3 is 2.47 bits per heavy atom. The molecule has 0 aromatic heterocycles. The third kappa shape index (κ3) is 2.97. The highest BCUT2D eigenvalue weighted by atomic mass is 32.2. The molecular formula is C12H17NOS. The number of hydroxylamine groups is 1. The lowest BCUT2D eigenvalue weighted by molar-refractivity contribution is 0.161. The number of benzene rings is 1. The van der Waals surface area contributed by atoms with Gasteiger partial charge in [0.2, 0.25) is 0 Å². The monoisotopic (exact) mass is 223 g/mol. The summed E-state index contributed by atoms with van der Waals surface area (Å²) in [6.07, 6.45) is 2.62. The molecule has 1 aromatic carbocycles. The van der Waals surface area contributed by atoms with Crippen molar-refractivity contribution in [2.24, 2.45) is 0 Å². The molecule has 0 aliphatic carbocycles. The lowest BCUT2D eigenvalue weighted by Gasteiger charge is -2.21. The van der Waals surface area contributed by atoms with Gasteiger partial charge in [0.25, 0.3) is 0 Å². The van der Waals surface area contributed by atoms with Gasteiger partial charge in [-0.15, -0.1) is 0 Å². The SMILES string of the molecule is ONCc1ccc(C2CCSCC2)cc1. The molecular weight excluding hydrogens is 206 g/mol. The van der Waals surface area contributed by atoms with E-state index in [0.29, 0.717) is 6.54 Å². The average molecular weight is 223 g/mol. The zero-order valence-electron chi connectivity index (χ0n) is 8.78. The molecule has 1 aliphatic heterocycles. The first-order valence-electron chi connectivity index (χ1n) is 5.43. The predicted molar refractivity (Wildman–Crippen MR) is 64.4 cm³/mol. The summed E-state index contributed by atoms with van der Waals surface area (Å²) in [6.45, 7) is 0.529. The molecule has 0 radical (unpaired) electrons. The Morgan fingerprint density at radius 1 is 1.20 bits per heavy atom. The van der Waals surface area contributed by atoms with Crippen LogP contribution >= 0.6 is 11.8 Å². The van der Waals surface area contributed by atoms with E-state index < -0.39 is 0 Å². The maximum Gasteiger partial charge on any atom is 0.0458 e. The Balaban J connectivity index is 2.02. The van der Waals surface area contributed by atoms with E-state index in [4.69, 9.17) is 5.21 Å². The maximum atomic E-state index is 8.58. The summed E-state index contributed by atoms with van der Waals surface area (Å²) < 4.78 is 0. The molecule has 1 fully saturated rings. The fourth-order valence-electron chi connectivity index (χ4n) is 2.03. The number of nitrogens with one attached hydrogen (secondary N) is 1. The molecule has 0 atom stereocenters. The van der Waals surface area contributed by atoms with E-state index in [9.17, 15) is 0 Å². The van der Waals surface area contributed by atoms with E-state index in [1.54, 1.807) is 0 Å². The number of thioether (sulfide) groups is 1. The van der Waals surface area contributed by atoms with Crippen LogP contribution in [0.5, 0.6) is 0 Å². The van der Waals surface area contributed by atoms with Crippen LogP contribution in [0.25, 0.3) is 0 Å². The molecule has 0 saturated carbocycles. The molecule has 2 nitrogen and oxygen atoms in total. The molecule has 1 aromatic rings. The molecule has 0 unspecified atom stereocenters. The highest BCUT2D eigenvalue weighted by Gasteiger charge is 2.15. The van der Waals surface area contributed by atoms with Gasteiger partial charge in [-0.2, -0.15) is 11.8 Å². The van der Waals surface area contributed by atoms with Crippen LogP contribution in [0.15, 0.2) is 24.3 Å². The van der Waals surface area contributed by atoms with Crippen molar-refractivity contribution in [3.05, 3.63) is 35.4 Å². The van der Waals surface area contributed by atoms with Crippen molar-refractivity contribution >= 4 is 11.8 Å². The fraction of sp³-hybridized carbons (Fsp3) is 0.500. The largest absolute Gasteiger partial charge is 0.316 e. The summed E-state index contributed by atoms with van der Waals surface area (Å²) in [4.78, 5) is 0. The second-order valence-electron chi connectivity index (χ2n) is 3.96. The first-order valence-corrected chi connectivity index (χ1v) is 6.59. The molecule has 82 valence electrons. The van der Waals surface area contributed by atoms with Crippen LogP contribution in [-0.4, -0.2) is 16.7 Å². The van der Waals surface area contributed by atoms with Gasteiger partial charge in [-0.05, 0) is 41.4 Å². The molecule has 0 amide bonds. The number of hydrogen-bond donors (Lipinski definition) is 2. The Hall–Kier alpha value is -0.510. The summed E-state index contributed by atoms with van der Waals surface area (Å²) in [5, 5.41) is 8.58. The zero-order chi connectivity index (χ0) is 10.5. The molecule has 2 N–H and O–H groups in total. The normalized spacial score (nSPS) is 17.9. The minimum absolute atomic E-state index is 0.529. The first-order chi connectivity index (χ1) is 7.40. The zero-order valence-corrected chi connectivity index (χ0v) is 9.59. The fourth-order valence-corrected chi connectivity index (χ4v) is 3.14. The van der Waals surface area contributed by atoms with Crippen LogP contribution in [-0.2, 0) is 6.54 Å². The van der Waals surface area contributed by atoms with Crippen LogP contribution in [0, 0.1) is 0 Å². The minimum atomic E-state index is 0.529. The van der Waals surface area contributed by atoms with Crippen molar-refractivity contribution in [3.8, 4) is 0 Å². The lowest BCUT2D eigenvalue weighted by Crippen LogP contribution is -2.09. The molecule has 0 bridgehead atoms. The standard InChI is InChI=1S/C12H17NOS/c14-13-9-10-1-3-11(4-2-10)12-5-7-15-8-6-12/h1-4,12-14H,5-9H2. The highest BCUT2D eigenvalue weighted by molar-refractivity contribution is 7.99. The lowest BCUT2D eigenvalue weighted by atomic mass is 9.93. The summed E-state index contributed by atoms with van der Waals surface area (Å²) in [6, 6.07) is 8.60. The van der Waals surface area contributed by atoms with Crippen molar-refractivity contribution in [1.82, 2.24) is 5.48 Å². The number of hydrogen-bond acceptors (Lipinski definition) is 3. The molecule has 1 aliphatic rings. The third-order valence-electron chi connectivity index (χ3n) is 2.96. The van der Waals surface area contributed by atoms with Crippen LogP contribution in [0.3, 0.4) is 0 Å². The summed E-state index contributed by atoms with van der Waals surface area (Å²) in [5.74, 6) is 3.34. The summed E-state index contributed by atoms with van der Waals surface area (Å²) >= 11 is 2.06. The van der Waals surface area contributed by atoms with Gasteiger partial charge in [0.15, 0.2) is 0 Å². The van der Waals surface area contributed by atoms with Gasteiger partial charge in [0.05, 0.1) is 0 Å². The predicted octanol–water partition coefficient (Wildman–Crippen LogP) is 2.78. The van der Waals surface area contributed by atoms with Crippen LogP contribution in [0.2, 0.25) is 0 Å². The van der Waals surface area contributed by atoms with E-state index in [2.05, 4.69) is 41.5 Å². The summed E-state index contributed by atoms with van der Waals surface area (Å²) in [5.41, 5.74) is 4.77. The van der Waals surface area contributed by atoms with E-state index in [-0.39, 0.29) is 0 Å². The van der Waals surface area contributed by atoms with Gasteiger partial charge < -0.3 is 5.21 Å². The molecule has 3 heteroatoms. The van der Waals surface area contributed by atoms with E-state index in [1.165, 1.54) is 29.9 Å². The maximum absolute atomic E-state index is 8.58. The molecule has 15 heavy (non-hydrogen) atoms. The topological polar surface area (TPSA) is 32.3 Å². The molecule has 0 spiro atoms. The first kappa shape index (κ1) is 11.0. The molecule has 1 heterocycles. The van der Waals surface area contributed by atoms with Crippen LogP contribution in [0.1, 0.15) is 29.9 Å².